The van der Waals surface area contributed by atoms with Crippen LogP contribution in [0.25, 0.3) is 0 Å². The number of non-ortho nitro benzene ring substituents is 1. The molecule has 2 atom stereocenters. The number of carbonyl (C=O) groups is 1. The van der Waals surface area contributed by atoms with Crippen LogP contribution in [0.1, 0.15) is 12.5 Å². The number of para-hydroxylation sites is 1. The maximum Gasteiger partial charge on any atom is 0.513 e. The topological polar surface area (TPSA) is 117 Å². The van der Waals surface area contributed by atoms with E-state index in [9.17, 15) is 19.5 Å². The van der Waals surface area contributed by atoms with E-state index < -0.39 is 24.7 Å². The van der Waals surface area contributed by atoms with E-state index >= 15 is 0 Å². The minimum absolute atomic E-state index is 0.0522. The summed E-state index contributed by atoms with van der Waals surface area (Å²) in [6.45, 7) is 1.52. The Morgan fingerprint density at radius 1 is 1.06 bits per heavy atom. The van der Waals surface area contributed by atoms with Crippen LogP contribution >= 0.6 is 30.3 Å². The summed E-state index contributed by atoms with van der Waals surface area (Å²) >= 11 is 1.83. The van der Waals surface area contributed by atoms with Gasteiger partial charge in [0.2, 0.25) is 0 Å². The standard InChI is InChI=1S/C22H20IN2O7P/c1-16(22(26)30-15-17-8-4-2-5-9-17)24-33(29,31-19-10-6-3-7-11-19)32-21-13-12-18(25(27)28)14-20(21)23/h2-14,16H,15H2,1H3,(H,24,29)/t16-,33?/m0/s1. The summed E-state index contributed by atoms with van der Waals surface area (Å²) in [6, 6.07) is 20.2. The molecule has 0 saturated carbocycles. The third kappa shape index (κ3) is 7.28. The molecule has 3 aromatic rings. The number of benzene rings is 3. The van der Waals surface area contributed by atoms with Crippen molar-refractivity contribution in [1.29, 1.82) is 0 Å². The fraction of sp³-hybridized carbons (Fsp3) is 0.136. The second-order valence-corrected chi connectivity index (χ2v) is 9.59. The average molecular weight is 582 g/mol. The first kappa shape index (κ1) is 24.7. The molecule has 0 fully saturated rings. The van der Waals surface area contributed by atoms with Crippen LogP contribution in [-0.2, 0) is 20.7 Å². The number of hydrogen-bond donors (Lipinski definition) is 1. The zero-order chi connectivity index (χ0) is 23.8. The summed E-state index contributed by atoms with van der Waals surface area (Å²) in [7, 11) is -4.16. The van der Waals surface area contributed by atoms with Crippen LogP contribution in [0, 0.1) is 13.7 Å². The Morgan fingerprint density at radius 2 is 1.70 bits per heavy atom. The van der Waals surface area contributed by atoms with E-state index in [4.69, 9.17) is 13.8 Å². The molecule has 3 rings (SSSR count). The highest BCUT2D eigenvalue weighted by Gasteiger charge is 2.34. The Balaban J connectivity index is 1.77. The van der Waals surface area contributed by atoms with Crippen molar-refractivity contribution >= 4 is 42.0 Å². The molecule has 0 bridgehead atoms. The summed E-state index contributed by atoms with van der Waals surface area (Å²) in [5, 5.41) is 13.6. The minimum Gasteiger partial charge on any atom is -0.460 e. The lowest BCUT2D eigenvalue weighted by Crippen LogP contribution is -2.35. The molecule has 0 aliphatic rings. The molecule has 3 aromatic carbocycles. The lowest BCUT2D eigenvalue weighted by molar-refractivity contribution is -0.385. The molecule has 0 aliphatic heterocycles. The highest BCUT2D eigenvalue weighted by atomic mass is 127. The van der Waals surface area contributed by atoms with Crippen LogP contribution in [0.15, 0.2) is 78.9 Å². The fourth-order valence-electron chi connectivity index (χ4n) is 2.64. The summed E-state index contributed by atoms with van der Waals surface area (Å²) in [5.74, 6) is -0.314. The van der Waals surface area contributed by atoms with E-state index in [-0.39, 0.29) is 23.8 Å². The molecule has 0 radical (unpaired) electrons. The number of hydrogen-bond acceptors (Lipinski definition) is 7. The summed E-state index contributed by atoms with van der Waals surface area (Å²) in [6.07, 6.45) is 0. The quantitative estimate of drug-likeness (QED) is 0.110. The maximum atomic E-state index is 13.6. The van der Waals surface area contributed by atoms with Crippen LogP contribution in [0.3, 0.4) is 0 Å². The number of nitro benzene ring substituents is 1. The van der Waals surface area contributed by atoms with Gasteiger partial charge in [0, 0.05) is 12.1 Å². The Bertz CT molecular complexity index is 1160. The van der Waals surface area contributed by atoms with Crippen molar-refractivity contribution in [3.05, 3.63) is 98.1 Å². The predicted octanol–water partition coefficient (Wildman–Crippen LogP) is 5.49. The Hall–Kier alpha value is -2.95. The van der Waals surface area contributed by atoms with Crippen molar-refractivity contribution in [1.82, 2.24) is 5.09 Å². The molecule has 1 N–H and O–H groups in total. The third-order valence-electron chi connectivity index (χ3n) is 4.24. The van der Waals surface area contributed by atoms with E-state index in [0.29, 0.717) is 3.57 Å². The number of nitro groups is 1. The minimum atomic E-state index is -4.16. The van der Waals surface area contributed by atoms with E-state index in [1.54, 1.807) is 30.3 Å². The van der Waals surface area contributed by atoms with Gasteiger partial charge >= 0.3 is 13.7 Å². The summed E-state index contributed by atoms with van der Waals surface area (Å²) in [5.41, 5.74) is 0.662. The number of nitrogens with one attached hydrogen (secondary N) is 1. The van der Waals surface area contributed by atoms with Gasteiger partial charge in [0.05, 0.1) is 8.49 Å². The number of carbonyl (C=O) groups excluding carboxylic acids is 1. The third-order valence-corrected chi connectivity index (χ3v) is 6.68. The zero-order valence-corrected chi connectivity index (χ0v) is 20.5. The molecule has 172 valence electrons. The molecular formula is C22H20IN2O7P. The van der Waals surface area contributed by atoms with E-state index in [0.717, 1.165) is 5.56 Å². The van der Waals surface area contributed by atoms with Gasteiger partial charge in [-0.2, -0.15) is 5.09 Å². The molecule has 0 amide bonds. The van der Waals surface area contributed by atoms with E-state index in [1.807, 2.05) is 52.9 Å². The molecule has 33 heavy (non-hydrogen) atoms. The molecule has 0 aliphatic carbocycles. The Morgan fingerprint density at radius 3 is 2.30 bits per heavy atom. The van der Waals surface area contributed by atoms with Crippen molar-refractivity contribution in [3.63, 3.8) is 0 Å². The number of ether oxygens (including phenoxy) is 1. The van der Waals surface area contributed by atoms with Crippen LogP contribution in [0.5, 0.6) is 11.5 Å². The fourth-order valence-corrected chi connectivity index (χ4v) is 4.96. The largest absolute Gasteiger partial charge is 0.513 e. The Labute approximate surface area is 203 Å². The average Bonchev–Trinajstić information content (AvgIpc) is 2.79. The van der Waals surface area contributed by atoms with Gasteiger partial charge in [0.1, 0.15) is 24.1 Å². The van der Waals surface area contributed by atoms with Gasteiger partial charge in [0.25, 0.3) is 5.69 Å². The van der Waals surface area contributed by atoms with Crippen molar-refractivity contribution in [2.24, 2.45) is 0 Å². The van der Waals surface area contributed by atoms with Crippen LogP contribution < -0.4 is 14.1 Å². The van der Waals surface area contributed by atoms with Crippen molar-refractivity contribution in [2.45, 2.75) is 19.6 Å². The highest BCUT2D eigenvalue weighted by molar-refractivity contribution is 14.1. The summed E-state index contributed by atoms with van der Waals surface area (Å²) < 4.78 is 30.5. The number of esters is 1. The SMILES string of the molecule is C[C@H](NP(=O)(Oc1ccccc1)Oc1ccc([N+](=O)[O-])cc1I)C(=O)OCc1ccccc1. The van der Waals surface area contributed by atoms with Crippen molar-refractivity contribution < 1.29 is 28.1 Å². The molecule has 0 heterocycles. The van der Waals surface area contributed by atoms with Gasteiger partial charge in [-0.1, -0.05) is 48.5 Å². The number of rotatable bonds is 10. The lowest BCUT2D eigenvalue weighted by atomic mass is 10.2. The Kier molecular flexibility index (Phi) is 8.43. The highest BCUT2D eigenvalue weighted by Crippen LogP contribution is 2.46. The van der Waals surface area contributed by atoms with Gasteiger partial charge in [-0.25, -0.2) is 4.57 Å². The van der Waals surface area contributed by atoms with Gasteiger partial charge in [0.15, 0.2) is 0 Å². The van der Waals surface area contributed by atoms with E-state index in [2.05, 4.69) is 5.09 Å². The lowest BCUT2D eigenvalue weighted by Gasteiger charge is -2.23. The molecule has 0 aromatic heterocycles. The maximum absolute atomic E-state index is 13.6. The van der Waals surface area contributed by atoms with E-state index in [1.165, 1.54) is 25.1 Å². The molecule has 0 saturated heterocycles. The van der Waals surface area contributed by atoms with Crippen molar-refractivity contribution in [3.8, 4) is 11.5 Å². The first-order chi connectivity index (χ1) is 15.8. The number of halogens is 1. The number of nitrogens with zero attached hydrogens (tertiary/aromatic N) is 1. The van der Waals surface area contributed by atoms with Gasteiger partial charge in [-0.3, -0.25) is 14.9 Å². The first-order valence-corrected chi connectivity index (χ1v) is 12.3. The van der Waals surface area contributed by atoms with Crippen LogP contribution in [0.2, 0.25) is 0 Å². The molecule has 11 heteroatoms. The van der Waals surface area contributed by atoms with Crippen molar-refractivity contribution in [2.75, 3.05) is 0 Å². The van der Waals surface area contributed by atoms with Gasteiger partial charge in [-0.05, 0) is 53.3 Å². The molecule has 9 nitrogen and oxygen atoms in total. The zero-order valence-electron chi connectivity index (χ0n) is 17.4. The van der Waals surface area contributed by atoms with Gasteiger partial charge < -0.3 is 13.8 Å². The normalized spacial score (nSPS) is 13.4. The van der Waals surface area contributed by atoms with Gasteiger partial charge in [-0.15, -0.1) is 0 Å². The van der Waals surface area contributed by atoms with Crippen LogP contribution in [-0.4, -0.2) is 16.9 Å². The smallest absolute Gasteiger partial charge is 0.460 e. The molecular weight excluding hydrogens is 562 g/mol. The van der Waals surface area contributed by atoms with Crippen LogP contribution in [0.4, 0.5) is 5.69 Å². The predicted molar refractivity (Wildman–Crippen MR) is 130 cm³/mol. The first-order valence-electron chi connectivity index (χ1n) is 9.72. The monoisotopic (exact) mass is 582 g/mol. The second kappa shape index (κ2) is 11.3. The molecule has 1 unspecified atom stereocenters. The summed E-state index contributed by atoms with van der Waals surface area (Å²) in [4.78, 5) is 22.9. The molecule has 0 spiro atoms. The second-order valence-electron chi connectivity index (χ2n) is 6.81.